The van der Waals surface area contributed by atoms with E-state index in [-0.39, 0.29) is 30.0 Å². The molecule has 1 aliphatic rings. The monoisotopic (exact) mass is 538 g/mol. The highest BCUT2D eigenvalue weighted by atomic mass is 32.1. The molecule has 2 aromatic carbocycles. The third-order valence-electron chi connectivity index (χ3n) is 7.05. The zero-order chi connectivity index (χ0) is 26.9. The Morgan fingerprint density at radius 1 is 0.974 bits per heavy atom. The Kier molecular flexibility index (Phi) is 9.76. The maximum atomic E-state index is 13.9. The average Bonchev–Trinajstić information content (AvgIpc) is 3.47. The third kappa shape index (κ3) is 7.13. The highest BCUT2D eigenvalue weighted by molar-refractivity contribution is 7.09. The largest absolute Gasteiger partial charge is 0.493 e. The number of methoxy groups -OCH3 is 2. The van der Waals surface area contributed by atoms with Gasteiger partial charge in [0.05, 0.1) is 20.8 Å². The number of rotatable bonds is 11. The molecular weight excluding hydrogens is 503 g/mol. The molecule has 3 aromatic rings. The van der Waals surface area contributed by atoms with Crippen LogP contribution in [0, 0.1) is 5.82 Å². The van der Waals surface area contributed by atoms with Gasteiger partial charge in [-0.1, -0.05) is 37.5 Å². The average molecular weight is 539 g/mol. The van der Waals surface area contributed by atoms with Crippen LogP contribution in [0.3, 0.4) is 0 Å². The van der Waals surface area contributed by atoms with Crippen LogP contribution < -0.4 is 9.47 Å². The summed E-state index contributed by atoms with van der Waals surface area (Å²) in [6.45, 7) is 0.923. The summed E-state index contributed by atoms with van der Waals surface area (Å²) in [4.78, 5) is 31.9. The van der Waals surface area contributed by atoms with Gasteiger partial charge in [-0.25, -0.2) is 4.39 Å². The number of amides is 2. The number of halogens is 1. The summed E-state index contributed by atoms with van der Waals surface area (Å²) in [5.41, 5.74) is 1.30. The lowest BCUT2D eigenvalue weighted by molar-refractivity contribution is -0.133. The molecule has 0 bridgehead atoms. The second-order valence-electron chi connectivity index (χ2n) is 9.57. The molecule has 0 radical (unpaired) electrons. The van der Waals surface area contributed by atoms with Crippen molar-refractivity contribution in [3.05, 3.63) is 81.8 Å². The number of carbonyl (C=O) groups excluding carboxylic acids is 2. The molecule has 0 N–H and O–H groups in total. The van der Waals surface area contributed by atoms with E-state index in [0.29, 0.717) is 31.0 Å². The van der Waals surface area contributed by atoms with Crippen LogP contribution in [0.15, 0.2) is 60.0 Å². The van der Waals surface area contributed by atoms with E-state index < -0.39 is 5.82 Å². The van der Waals surface area contributed by atoms with Crippen molar-refractivity contribution in [1.82, 2.24) is 9.80 Å². The van der Waals surface area contributed by atoms with Crippen LogP contribution in [0.25, 0.3) is 0 Å². The lowest BCUT2D eigenvalue weighted by atomic mass is 9.93. The Hall–Kier alpha value is -3.39. The van der Waals surface area contributed by atoms with Crippen molar-refractivity contribution >= 4 is 23.2 Å². The van der Waals surface area contributed by atoms with Crippen LogP contribution in [0.5, 0.6) is 11.5 Å². The Labute approximate surface area is 228 Å². The molecule has 8 heteroatoms. The number of carbonyl (C=O) groups is 2. The number of hydrogen-bond donors (Lipinski definition) is 0. The van der Waals surface area contributed by atoms with Crippen LogP contribution in [0.2, 0.25) is 0 Å². The third-order valence-corrected chi connectivity index (χ3v) is 7.91. The fraction of sp³-hybridized carbons (Fsp3) is 0.400. The Morgan fingerprint density at radius 2 is 1.76 bits per heavy atom. The van der Waals surface area contributed by atoms with Gasteiger partial charge in [0, 0.05) is 23.0 Å². The van der Waals surface area contributed by atoms with E-state index in [1.807, 2.05) is 40.6 Å². The van der Waals surface area contributed by atoms with Gasteiger partial charge in [-0.3, -0.25) is 9.59 Å². The molecular formula is C30H35FN2O4S. The molecule has 0 unspecified atom stereocenters. The van der Waals surface area contributed by atoms with Crippen LogP contribution in [0.1, 0.15) is 52.9 Å². The van der Waals surface area contributed by atoms with Crippen molar-refractivity contribution in [1.29, 1.82) is 0 Å². The number of ether oxygens (including phenoxy) is 2. The number of hydrogen-bond acceptors (Lipinski definition) is 5. The molecule has 1 aromatic heterocycles. The van der Waals surface area contributed by atoms with Gasteiger partial charge in [0.15, 0.2) is 11.5 Å². The number of thiophene rings is 1. The van der Waals surface area contributed by atoms with Crippen LogP contribution in [-0.4, -0.2) is 55.0 Å². The van der Waals surface area contributed by atoms with Gasteiger partial charge in [0.2, 0.25) is 5.91 Å². The first-order valence-corrected chi connectivity index (χ1v) is 13.9. The van der Waals surface area contributed by atoms with Gasteiger partial charge >= 0.3 is 0 Å². The topological polar surface area (TPSA) is 59.1 Å². The predicted molar refractivity (Wildman–Crippen MR) is 147 cm³/mol. The summed E-state index contributed by atoms with van der Waals surface area (Å²) in [7, 11) is 3.20. The summed E-state index contributed by atoms with van der Waals surface area (Å²) in [6.07, 6.45) is 5.49. The molecule has 0 spiro atoms. The highest BCUT2D eigenvalue weighted by Crippen LogP contribution is 2.28. The van der Waals surface area contributed by atoms with Crippen molar-refractivity contribution in [2.24, 2.45) is 0 Å². The molecule has 1 fully saturated rings. The van der Waals surface area contributed by atoms with Crippen molar-refractivity contribution < 1.29 is 23.5 Å². The van der Waals surface area contributed by atoms with E-state index in [9.17, 15) is 14.0 Å². The molecule has 38 heavy (non-hydrogen) atoms. The van der Waals surface area contributed by atoms with Crippen LogP contribution in [-0.2, 0) is 17.8 Å². The van der Waals surface area contributed by atoms with E-state index in [4.69, 9.17) is 9.47 Å². The standard InChI is InChI=1S/C30H35FN2O4S/c1-36-27-14-13-22(18-28(27)37-2)15-16-32(20-26-12-7-17-38-26)29(34)21-33(25-10-4-3-5-11-25)30(35)23-8-6-9-24(31)19-23/h6-9,12-14,17-19,25H,3-5,10-11,15-16,20-21H2,1-2H3. The van der Waals surface area contributed by atoms with Gasteiger partial charge in [-0.05, 0) is 66.6 Å². The smallest absolute Gasteiger partial charge is 0.254 e. The van der Waals surface area contributed by atoms with Gasteiger partial charge in [0.1, 0.15) is 12.4 Å². The minimum absolute atomic E-state index is 0.0297. The van der Waals surface area contributed by atoms with Gasteiger partial charge in [-0.15, -0.1) is 11.3 Å². The summed E-state index contributed by atoms with van der Waals surface area (Å²) in [6, 6.07) is 15.4. The second kappa shape index (κ2) is 13.4. The van der Waals surface area contributed by atoms with Crippen molar-refractivity contribution in [2.45, 2.75) is 51.1 Å². The number of nitrogens with zero attached hydrogens (tertiary/aromatic N) is 2. The molecule has 0 saturated heterocycles. The zero-order valence-corrected chi connectivity index (χ0v) is 22.8. The molecule has 0 aliphatic heterocycles. The maximum absolute atomic E-state index is 13.9. The van der Waals surface area contributed by atoms with Gasteiger partial charge in [-0.2, -0.15) is 0 Å². The lowest BCUT2D eigenvalue weighted by Gasteiger charge is -2.35. The Balaban J connectivity index is 1.54. The highest BCUT2D eigenvalue weighted by Gasteiger charge is 2.30. The summed E-state index contributed by atoms with van der Waals surface area (Å²) in [5, 5.41) is 1.99. The first-order chi connectivity index (χ1) is 18.5. The second-order valence-corrected chi connectivity index (χ2v) is 10.6. The quantitative estimate of drug-likeness (QED) is 0.303. The fourth-order valence-electron chi connectivity index (χ4n) is 4.98. The molecule has 1 saturated carbocycles. The summed E-state index contributed by atoms with van der Waals surface area (Å²) in [5.74, 6) is 0.432. The summed E-state index contributed by atoms with van der Waals surface area (Å²) < 4.78 is 24.7. The molecule has 0 atom stereocenters. The van der Waals surface area contributed by atoms with E-state index in [0.717, 1.165) is 42.5 Å². The van der Waals surface area contributed by atoms with E-state index >= 15 is 0 Å². The van der Waals surface area contributed by atoms with Crippen LogP contribution in [0.4, 0.5) is 4.39 Å². The lowest BCUT2D eigenvalue weighted by Crippen LogP contribution is -2.48. The first kappa shape index (κ1) is 27.6. The molecule has 2 amide bonds. The maximum Gasteiger partial charge on any atom is 0.254 e. The molecule has 1 aliphatic carbocycles. The minimum atomic E-state index is -0.458. The summed E-state index contributed by atoms with van der Waals surface area (Å²) >= 11 is 1.60. The minimum Gasteiger partial charge on any atom is -0.493 e. The zero-order valence-electron chi connectivity index (χ0n) is 22.0. The molecule has 6 nitrogen and oxygen atoms in total. The van der Waals surface area contributed by atoms with Crippen LogP contribution >= 0.6 is 11.3 Å². The predicted octanol–water partition coefficient (Wildman–Crippen LogP) is 5.95. The first-order valence-electron chi connectivity index (χ1n) is 13.1. The van der Waals surface area contributed by atoms with Crippen molar-refractivity contribution in [2.75, 3.05) is 27.3 Å². The van der Waals surface area contributed by atoms with Crippen molar-refractivity contribution in [3.8, 4) is 11.5 Å². The molecule has 1 heterocycles. The van der Waals surface area contributed by atoms with E-state index in [1.54, 1.807) is 36.5 Å². The molecule has 202 valence electrons. The fourth-order valence-corrected chi connectivity index (χ4v) is 5.69. The van der Waals surface area contributed by atoms with Gasteiger partial charge < -0.3 is 19.3 Å². The molecule has 4 rings (SSSR count). The Morgan fingerprint density at radius 3 is 2.45 bits per heavy atom. The number of benzene rings is 2. The SMILES string of the molecule is COc1ccc(CCN(Cc2cccs2)C(=O)CN(C(=O)c2cccc(F)c2)C2CCCCC2)cc1OC. The van der Waals surface area contributed by atoms with E-state index in [2.05, 4.69) is 0 Å². The van der Waals surface area contributed by atoms with E-state index in [1.165, 1.54) is 18.2 Å². The Bertz CT molecular complexity index is 1210. The normalized spacial score (nSPS) is 13.7. The van der Waals surface area contributed by atoms with Crippen molar-refractivity contribution in [3.63, 3.8) is 0 Å². The van der Waals surface area contributed by atoms with Gasteiger partial charge in [0.25, 0.3) is 5.91 Å².